The van der Waals surface area contributed by atoms with E-state index in [0.717, 1.165) is 37.4 Å². The average Bonchev–Trinajstić information content (AvgIpc) is 2.50. The number of rotatable bonds is 7. The molecule has 0 amide bonds. The van der Waals surface area contributed by atoms with Gasteiger partial charge in [0.15, 0.2) is 0 Å². The number of ether oxygens (including phenoxy) is 1. The first-order chi connectivity index (χ1) is 10.9. The molecule has 1 N–H and O–H groups in total. The highest BCUT2D eigenvalue weighted by Gasteiger charge is 2.25. The Hall–Kier alpha value is -0.950. The molecule has 1 aromatic rings. The zero-order valence-corrected chi connectivity index (χ0v) is 15.1. The van der Waals surface area contributed by atoms with Gasteiger partial charge in [0.2, 0.25) is 10.0 Å². The van der Waals surface area contributed by atoms with Crippen LogP contribution in [0.25, 0.3) is 0 Å². The molecule has 1 aromatic carbocycles. The fraction of sp³-hybridized carbons (Fsp3) is 0.647. The van der Waals surface area contributed by atoms with Crippen LogP contribution in [0.3, 0.4) is 0 Å². The van der Waals surface area contributed by atoms with Gasteiger partial charge in [-0.2, -0.15) is 0 Å². The molecule has 5 nitrogen and oxygen atoms in total. The van der Waals surface area contributed by atoms with Gasteiger partial charge < -0.3 is 4.74 Å². The molecule has 0 radical (unpaired) electrons. The largest absolute Gasteiger partial charge is 0.379 e. The van der Waals surface area contributed by atoms with Crippen molar-refractivity contribution in [1.29, 1.82) is 0 Å². The summed E-state index contributed by atoms with van der Waals surface area (Å²) in [6, 6.07) is 7.81. The molecule has 1 fully saturated rings. The van der Waals surface area contributed by atoms with Crippen molar-refractivity contribution in [1.82, 2.24) is 9.62 Å². The van der Waals surface area contributed by atoms with E-state index in [1.54, 1.807) is 0 Å². The highest BCUT2D eigenvalue weighted by atomic mass is 32.2. The second kappa shape index (κ2) is 8.24. The number of morpholine rings is 1. The predicted molar refractivity (Wildman–Crippen MR) is 92.8 cm³/mol. The number of hydrogen-bond acceptors (Lipinski definition) is 4. The summed E-state index contributed by atoms with van der Waals surface area (Å²) >= 11 is 0. The molecule has 2 rings (SSSR count). The molecule has 1 aliphatic rings. The molecule has 0 bridgehead atoms. The molecule has 1 unspecified atom stereocenters. The third-order valence-corrected chi connectivity index (χ3v) is 5.70. The van der Waals surface area contributed by atoms with Crippen molar-refractivity contribution in [2.24, 2.45) is 5.92 Å². The van der Waals surface area contributed by atoms with E-state index in [-0.39, 0.29) is 11.8 Å². The summed E-state index contributed by atoms with van der Waals surface area (Å²) in [4.78, 5) is 2.32. The van der Waals surface area contributed by atoms with Crippen molar-refractivity contribution >= 4 is 10.0 Å². The predicted octanol–water partition coefficient (Wildman–Crippen LogP) is 1.77. The zero-order chi connectivity index (χ0) is 16.9. The quantitative estimate of drug-likeness (QED) is 0.822. The molecule has 1 aliphatic heterocycles. The topological polar surface area (TPSA) is 58.6 Å². The fourth-order valence-electron chi connectivity index (χ4n) is 2.94. The molecule has 0 aromatic heterocycles. The number of benzene rings is 1. The van der Waals surface area contributed by atoms with Crippen molar-refractivity contribution < 1.29 is 13.2 Å². The Morgan fingerprint density at radius 1 is 1.22 bits per heavy atom. The Bertz CT molecular complexity index is 596. The lowest BCUT2D eigenvalue weighted by Crippen LogP contribution is -2.51. The van der Waals surface area contributed by atoms with Crippen molar-refractivity contribution in [3.05, 3.63) is 35.4 Å². The Morgan fingerprint density at radius 3 is 2.48 bits per heavy atom. The van der Waals surface area contributed by atoms with Gasteiger partial charge in [-0.25, -0.2) is 13.1 Å². The van der Waals surface area contributed by atoms with Gasteiger partial charge >= 0.3 is 0 Å². The monoisotopic (exact) mass is 340 g/mol. The first kappa shape index (κ1) is 18.4. The molecule has 1 saturated heterocycles. The highest BCUT2D eigenvalue weighted by molar-refractivity contribution is 7.88. The van der Waals surface area contributed by atoms with E-state index in [0.29, 0.717) is 12.5 Å². The maximum Gasteiger partial charge on any atom is 0.215 e. The average molecular weight is 340 g/mol. The minimum absolute atomic E-state index is 0.0353. The van der Waals surface area contributed by atoms with Gasteiger partial charge in [0.1, 0.15) is 0 Å². The smallest absolute Gasteiger partial charge is 0.215 e. The normalized spacial score (nSPS) is 18.3. The van der Waals surface area contributed by atoms with Crippen LogP contribution in [0.5, 0.6) is 0 Å². The summed E-state index contributed by atoms with van der Waals surface area (Å²) in [6.45, 7) is 9.83. The number of nitrogens with one attached hydrogen (secondary N) is 1. The Labute approximate surface area is 140 Å². The number of nitrogens with zero attached hydrogens (tertiary/aromatic N) is 1. The van der Waals surface area contributed by atoms with Gasteiger partial charge in [-0.1, -0.05) is 38.1 Å². The first-order valence-corrected chi connectivity index (χ1v) is 9.88. The van der Waals surface area contributed by atoms with Crippen LogP contribution in [-0.2, 0) is 20.5 Å². The van der Waals surface area contributed by atoms with Gasteiger partial charge in [0.05, 0.1) is 19.0 Å². The van der Waals surface area contributed by atoms with E-state index in [1.165, 1.54) is 0 Å². The van der Waals surface area contributed by atoms with E-state index in [9.17, 15) is 8.42 Å². The van der Waals surface area contributed by atoms with Gasteiger partial charge in [-0.3, -0.25) is 4.90 Å². The molecule has 130 valence electrons. The summed E-state index contributed by atoms with van der Waals surface area (Å²) in [5, 5.41) is 0. The zero-order valence-electron chi connectivity index (χ0n) is 14.3. The van der Waals surface area contributed by atoms with Crippen LogP contribution >= 0.6 is 0 Å². The number of hydrogen-bond donors (Lipinski definition) is 1. The number of aryl methyl sites for hydroxylation is 1. The SMILES string of the molecule is Cc1ccccc1CS(=O)(=O)NCC(C(C)C)N1CCOCC1. The van der Waals surface area contributed by atoms with Gasteiger partial charge in [0, 0.05) is 25.7 Å². The minimum Gasteiger partial charge on any atom is -0.379 e. The lowest BCUT2D eigenvalue weighted by atomic mass is 10.0. The lowest BCUT2D eigenvalue weighted by Gasteiger charge is -2.36. The van der Waals surface area contributed by atoms with Crippen LogP contribution in [-0.4, -0.2) is 52.2 Å². The maximum atomic E-state index is 12.4. The Morgan fingerprint density at radius 2 is 1.87 bits per heavy atom. The van der Waals surface area contributed by atoms with Crippen LogP contribution in [0.2, 0.25) is 0 Å². The van der Waals surface area contributed by atoms with Gasteiger partial charge in [-0.15, -0.1) is 0 Å². The van der Waals surface area contributed by atoms with Crippen molar-refractivity contribution in [2.75, 3.05) is 32.8 Å². The standard InChI is InChI=1S/C17H28N2O3S/c1-14(2)17(19-8-10-22-11-9-19)12-18-23(20,21)13-16-7-5-4-6-15(16)3/h4-7,14,17-18H,8-13H2,1-3H3. The van der Waals surface area contributed by atoms with Gasteiger partial charge in [-0.05, 0) is 24.0 Å². The molecule has 0 saturated carbocycles. The van der Waals surface area contributed by atoms with Crippen molar-refractivity contribution in [3.8, 4) is 0 Å². The fourth-order valence-corrected chi connectivity index (χ4v) is 4.20. The van der Waals surface area contributed by atoms with Crippen LogP contribution in [0.15, 0.2) is 24.3 Å². The van der Waals surface area contributed by atoms with Crippen LogP contribution < -0.4 is 4.72 Å². The second-order valence-corrected chi connectivity index (χ2v) is 8.30. The molecule has 1 atom stereocenters. The minimum atomic E-state index is -3.33. The maximum absolute atomic E-state index is 12.4. The molecular formula is C17H28N2O3S. The Balaban J connectivity index is 1.97. The molecule has 0 aliphatic carbocycles. The summed E-state index contributed by atoms with van der Waals surface area (Å²) in [6.07, 6.45) is 0. The first-order valence-electron chi connectivity index (χ1n) is 8.22. The van der Waals surface area contributed by atoms with Crippen LogP contribution in [0.1, 0.15) is 25.0 Å². The summed E-state index contributed by atoms with van der Waals surface area (Å²) in [5.74, 6) is 0.419. The molecule has 6 heteroatoms. The van der Waals surface area contributed by atoms with E-state index in [1.807, 2.05) is 31.2 Å². The molecule has 23 heavy (non-hydrogen) atoms. The van der Waals surface area contributed by atoms with E-state index in [2.05, 4.69) is 23.5 Å². The highest BCUT2D eigenvalue weighted by Crippen LogP contribution is 2.14. The third-order valence-electron chi connectivity index (χ3n) is 4.40. The number of sulfonamides is 1. The molecule has 1 heterocycles. The van der Waals surface area contributed by atoms with Crippen LogP contribution in [0, 0.1) is 12.8 Å². The van der Waals surface area contributed by atoms with E-state index < -0.39 is 10.0 Å². The van der Waals surface area contributed by atoms with E-state index in [4.69, 9.17) is 4.74 Å². The van der Waals surface area contributed by atoms with Crippen molar-refractivity contribution in [2.45, 2.75) is 32.6 Å². The van der Waals surface area contributed by atoms with E-state index >= 15 is 0 Å². The summed E-state index contributed by atoms with van der Waals surface area (Å²) < 4.78 is 33.0. The van der Waals surface area contributed by atoms with Crippen LogP contribution in [0.4, 0.5) is 0 Å². The third kappa shape index (κ3) is 5.57. The Kier molecular flexibility index (Phi) is 6.59. The van der Waals surface area contributed by atoms with Crippen molar-refractivity contribution in [3.63, 3.8) is 0 Å². The summed E-state index contributed by atoms with van der Waals surface area (Å²) in [5.41, 5.74) is 1.86. The summed E-state index contributed by atoms with van der Waals surface area (Å²) in [7, 11) is -3.33. The molecular weight excluding hydrogens is 312 g/mol. The van der Waals surface area contributed by atoms with Gasteiger partial charge in [0.25, 0.3) is 0 Å². The molecule has 0 spiro atoms. The lowest BCUT2D eigenvalue weighted by molar-refractivity contribution is 0.00776. The second-order valence-electron chi connectivity index (χ2n) is 6.49.